The SMILES string of the molecule is CNC1c2ccccc2NC1(NC)NC. The maximum absolute atomic E-state index is 3.46. The fourth-order valence-electron chi connectivity index (χ4n) is 2.29. The maximum Gasteiger partial charge on any atom is 0.163 e. The zero-order chi connectivity index (χ0) is 10.9. The lowest BCUT2D eigenvalue weighted by Gasteiger charge is -2.35. The van der Waals surface area contributed by atoms with Gasteiger partial charge < -0.3 is 10.6 Å². The Labute approximate surface area is 90.4 Å². The van der Waals surface area contributed by atoms with Crippen molar-refractivity contribution in [3.63, 3.8) is 0 Å². The van der Waals surface area contributed by atoms with Gasteiger partial charge in [0.1, 0.15) is 0 Å². The Kier molecular flexibility index (Phi) is 2.65. The fraction of sp³-hybridized carbons (Fsp3) is 0.455. The Bertz CT molecular complexity index is 346. The number of rotatable bonds is 3. The molecule has 1 unspecified atom stereocenters. The number of hydrogen-bond acceptors (Lipinski definition) is 4. The van der Waals surface area contributed by atoms with Crippen LogP contribution in [0.1, 0.15) is 11.6 Å². The van der Waals surface area contributed by atoms with Gasteiger partial charge >= 0.3 is 0 Å². The van der Waals surface area contributed by atoms with Gasteiger partial charge in [-0.2, -0.15) is 0 Å². The number of anilines is 1. The summed E-state index contributed by atoms with van der Waals surface area (Å²) in [5, 5.41) is 13.4. The standard InChI is InChI=1S/C11H18N4/c1-12-10-8-6-4-5-7-9(8)15-11(10,13-2)14-3/h4-7,10,12-15H,1-3H3. The van der Waals surface area contributed by atoms with Crippen molar-refractivity contribution in [1.29, 1.82) is 0 Å². The first-order valence-corrected chi connectivity index (χ1v) is 5.19. The van der Waals surface area contributed by atoms with Crippen molar-refractivity contribution in [2.45, 2.75) is 11.8 Å². The van der Waals surface area contributed by atoms with E-state index in [4.69, 9.17) is 0 Å². The van der Waals surface area contributed by atoms with Crippen LogP contribution < -0.4 is 21.3 Å². The van der Waals surface area contributed by atoms with Crippen LogP contribution in [-0.2, 0) is 0 Å². The molecule has 0 aliphatic carbocycles. The molecule has 1 aromatic carbocycles. The van der Waals surface area contributed by atoms with Crippen molar-refractivity contribution in [2.24, 2.45) is 0 Å². The minimum Gasteiger partial charge on any atom is -0.353 e. The molecular weight excluding hydrogens is 188 g/mol. The highest BCUT2D eigenvalue weighted by Crippen LogP contribution is 2.37. The van der Waals surface area contributed by atoms with Crippen molar-refractivity contribution in [2.75, 3.05) is 26.5 Å². The lowest BCUT2D eigenvalue weighted by Crippen LogP contribution is -2.63. The quantitative estimate of drug-likeness (QED) is 0.543. The minimum atomic E-state index is -0.307. The van der Waals surface area contributed by atoms with E-state index in [0.717, 1.165) is 0 Å². The second kappa shape index (κ2) is 3.81. The molecule has 2 rings (SSSR count). The summed E-state index contributed by atoms with van der Waals surface area (Å²) in [5.41, 5.74) is 2.45. The predicted octanol–water partition coefficient (Wildman–Crippen LogP) is 0.465. The summed E-state index contributed by atoms with van der Waals surface area (Å²) in [4.78, 5) is 0. The van der Waals surface area contributed by atoms with Gasteiger partial charge in [-0.25, -0.2) is 0 Å². The molecule has 0 aromatic heterocycles. The minimum absolute atomic E-state index is 0.212. The van der Waals surface area contributed by atoms with Crippen molar-refractivity contribution in [3.8, 4) is 0 Å². The van der Waals surface area contributed by atoms with E-state index in [1.165, 1.54) is 11.3 Å². The van der Waals surface area contributed by atoms with Crippen molar-refractivity contribution in [3.05, 3.63) is 29.8 Å². The van der Waals surface area contributed by atoms with Crippen LogP contribution in [0.25, 0.3) is 0 Å². The van der Waals surface area contributed by atoms with Crippen LogP contribution in [0, 0.1) is 0 Å². The molecule has 1 aromatic rings. The van der Waals surface area contributed by atoms with E-state index in [-0.39, 0.29) is 11.8 Å². The van der Waals surface area contributed by atoms with Gasteiger partial charge in [0.05, 0.1) is 6.04 Å². The molecule has 0 radical (unpaired) electrons. The zero-order valence-corrected chi connectivity index (χ0v) is 9.39. The Morgan fingerprint density at radius 1 is 1.13 bits per heavy atom. The summed E-state index contributed by atoms with van der Waals surface area (Å²) < 4.78 is 0. The summed E-state index contributed by atoms with van der Waals surface area (Å²) >= 11 is 0. The monoisotopic (exact) mass is 206 g/mol. The van der Waals surface area contributed by atoms with Crippen LogP contribution in [0.5, 0.6) is 0 Å². The highest BCUT2D eigenvalue weighted by Gasteiger charge is 2.42. The second-order valence-corrected chi connectivity index (χ2v) is 3.74. The lowest BCUT2D eigenvalue weighted by atomic mass is 10.0. The highest BCUT2D eigenvalue weighted by molar-refractivity contribution is 5.60. The van der Waals surface area contributed by atoms with Crippen molar-refractivity contribution in [1.82, 2.24) is 16.0 Å². The van der Waals surface area contributed by atoms with E-state index >= 15 is 0 Å². The number of benzene rings is 1. The molecule has 15 heavy (non-hydrogen) atoms. The molecule has 1 aliphatic heterocycles. The van der Waals surface area contributed by atoms with E-state index in [1.54, 1.807) is 0 Å². The topological polar surface area (TPSA) is 48.1 Å². The predicted molar refractivity (Wildman–Crippen MR) is 62.7 cm³/mol. The van der Waals surface area contributed by atoms with Gasteiger partial charge in [-0.15, -0.1) is 0 Å². The van der Waals surface area contributed by atoms with Crippen molar-refractivity contribution < 1.29 is 0 Å². The van der Waals surface area contributed by atoms with Crippen molar-refractivity contribution >= 4 is 5.69 Å². The number of nitrogens with one attached hydrogen (secondary N) is 4. The summed E-state index contributed by atoms with van der Waals surface area (Å²) in [6.45, 7) is 0. The Hall–Kier alpha value is -1.10. The molecule has 1 heterocycles. The fourth-order valence-corrected chi connectivity index (χ4v) is 2.29. The number of likely N-dealkylation sites (N-methyl/N-ethyl adjacent to an activating group) is 3. The third kappa shape index (κ3) is 1.42. The number of hydrogen-bond donors (Lipinski definition) is 4. The first kappa shape index (κ1) is 10.4. The zero-order valence-electron chi connectivity index (χ0n) is 9.39. The van der Waals surface area contributed by atoms with Gasteiger partial charge in [0.25, 0.3) is 0 Å². The van der Waals surface area contributed by atoms with Crippen LogP contribution in [0.15, 0.2) is 24.3 Å². The normalized spacial score (nSPS) is 22.2. The second-order valence-electron chi connectivity index (χ2n) is 3.74. The molecular formula is C11H18N4. The largest absolute Gasteiger partial charge is 0.353 e. The molecule has 0 amide bonds. The Balaban J connectivity index is 2.44. The van der Waals surface area contributed by atoms with Gasteiger partial charge in [0, 0.05) is 5.69 Å². The van der Waals surface area contributed by atoms with E-state index in [9.17, 15) is 0 Å². The van der Waals surface area contributed by atoms with Gasteiger partial charge in [-0.05, 0) is 32.8 Å². The van der Waals surface area contributed by atoms with E-state index in [2.05, 4.69) is 39.5 Å². The van der Waals surface area contributed by atoms with Gasteiger partial charge in [0.2, 0.25) is 0 Å². The number of para-hydroxylation sites is 1. The van der Waals surface area contributed by atoms with Gasteiger partial charge in [0.15, 0.2) is 5.79 Å². The Morgan fingerprint density at radius 3 is 2.40 bits per heavy atom. The summed E-state index contributed by atoms with van der Waals surface area (Å²) in [5.74, 6) is -0.307. The first-order valence-electron chi connectivity index (χ1n) is 5.19. The summed E-state index contributed by atoms with van der Waals surface area (Å²) in [7, 11) is 5.86. The average molecular weight is 206 g/mol. The number of fused-ring (bicyclic) bond motifs is 1. The van der Waals surface area contributed by atoms with Gasteiger partial charge in [-0.3, -0.25) is 10.6 Å². The van der Waals surface area contributed by atoms with Crippen LogP contribution in [-0.4, -0.2) is 26.9 Å². The molecule has 1 aliphatic rings. The summed E-state index contributed by atoms with van der Waals surface area (Å²) in [6, 6.07) is 8.55. The van der Waals surface area contributed by atoms with Gasteiger partial charge in [-0.1, -0.05) is 18.2 Å². The van der Waals surface area contributed by atoms with Crippen LogP contribution in [0.2, 0.25) is 0 Å². The lowest BCUT2D eigenvalue weighted by molar-refractivity contribution is 0.268. The molecule has 82 valence electrons. The van der Waals surface area contributed by atoms with E-state index < -0.39 is 0 Å². The third-order valence-electron chi connectivity index (χ3n) is 3.11. The van der Waals surface area contributed by atoms with Crippen LogP contribution in [0.3, 0.4) is 0 Å². The highest BCUT2D eigenvalue weighted by atomic mass is 15.4. The van der Waals surface area contributed by atoms with Crippen LogP contribution in [0.4, 0.5) is 5.69 Å². The molecule has 0 saturated heterocycles. The Morgan fingerprint density at radius 2 is 1.80 bits per heavy atom. The average Bonchev–Trinajstić information content (AvgIpc) is 2.62. The van der Waals surface area contributed by atoms with Crippen LogP contribution >= 0.6 is 0 Å². The molecule has 0 bridgehead atoms. The molecule has 4 N–H and O–H groups in total. The van der Waals surface area contributed by atoms with E-state index in [1.807, 2.05) is 27.2 Å². The summed E-state index contributed by atoms with van der Waals surface area (Å²) in [6.07, 6.45) is 0. The molecule has 0 spiro atoms. The third-order valence-corrected chi connectivity index (χ3v) is 3.11. The molecule has 0 saturated carbocycles. The molecule has 0 fully saturated rings. The molecule has 1 atom stereocenters. The maximum atomic E-state index is 3.46. The molecule has 4 nitrogen and oxygen atoms in total. The first-order chi connectivity index (χ1) is 7.27. The molecule has 4 heteroatoms. The smallest absolute Gasteiger partial charge is 0.163 e. The van der Waals surface area contributed by atoms with E-state index in [0.29, 0.717) is 0 Å².